The Balaban J connectivity index is 1.40. The van der Waals surface area contributed by atoms with E-state index in [0.717, 1.165) is 43.7 Å². The fourth-order valence-corrected chi connectivity index (χ4v) is 4.97. The van der Waals surface area contributed by atoms with Crippen LogP contribution in [0.2, 0.25) is 0 Å². The van der Waals surface area contributed by atoms with Crippen LogP contribution >= 0.6 is 0 Å². The zero-order chi connectivity index (χ0) is 22.9. The molecule has 0 radical (unpaired) electrons. The second-order valence-electron chi connectivity index (χ2n) is 9.05. The molecule has 174 valence electrons. The number of aliphatic hydroxyl groups is 1. The zero-order valence-electron chi connectivity index (χ0n) is 18.8. The number of β-amino-alcohol motifs (C(OH)–C–C–N with tert-alkyl or cyclic N) is 1. The number of carbonyl (C=O) groups excluding carboxylic acids is 2. The molecule has 33 heavy (non-hydrogen) atoms. The lowest BCUT2D eigenvalue weighted by Gasteiger charge is -2.31. The molecule has 0 aromatic heterocycles. The number of hydrogen-bond acceptors (Lipinski definition) is 6. The summed E-state index contributed by atoms with van der Waals surface area (Å²) in [5.41, 5.74) is 9.34. The van der Waals surface area contributed by atoms with Gasteiger partial charge in [0.2, 0.25) is 0 Å². The summed E-state index contributed by atoms with van der Waals surface area (Å²) in [5, 5.41) is 10.4. The Morgan fingerprint density at radius 1 is 1.03 bits per heavy atom. The van der Waals surface area contributed by atoms with Crippen LogP contribution < -0.4 is 15.6 Å². The van der Waals surface area contributed by atoms with E-state index >= 15 is 0 Å². The second kappa shape index (κ2) is 9.13. The molecule has 5 rings (SSSR count). The number of methoxy groups -OCH3 is 1. The Labute approximate surface area is 193 Å². The molecule has 8 nitrogen and oxygen atoms in total. The molecule has 1 unspecified atom stereocenters. The first-order valence-corrected chi connectivity index (χ1v) is 11.6. The van der Waals surface area contributed by atoms with E-state index in [1.807, 2.05) is 41.3 Å². The van der Waals surface area contributed by atoms with Crippen molar-refractivity contribution in [2.24, 2.45) is 0 Å². The SMILES string of the molecule is COc1cc(C(=O)N2CC(O)C[C@@H]2c2cccc(C(=O)N3CCC3)c2)ccc1C1CNNC1. The van der Waals surface area contributed by atoms with E-state index in [4.69, 9.17) is 4.74 Å². The van der Waals surface area contributed by atoms with Gasteiger partial charge in [0, 0.05) is 49.8 Å². The average molecular weight is 451 g/mol. The highest BCUT2D eigenvalue weighted by Crippen LogP contribution is 2.35. The molecule has 2 aromatic carbocycles. The van der Waals surface area contributed by atoms with Gasteiger partial charge >= 0.3 is 0 Å². The lowest BCUT2D eigenvalue weighted by Crippen LogP contribution is -2.42. The zero-order valence-corrected chi connectivity index (χ0v) is 18.8. The summed E-state index contributed by atoms with van der Waals surface area (Å²) in [4.78, 5) is 29.7. The normalized spacial score (nSPS) is 23.0. The minimum Gasteiger partial charge on any atom is -0.496 e. The first-order chi connectivity index (χ1) is 16.0. The minimum absolute atomic E-state index is 0.0238. The topological polar surface area (TPSA) is 94.1 Å². The molecule has 3 saturated heterocycles. The van der Waals surface area contributed by atoms with Crippen molar-refractivity contribution < 1.29 is 19.4 Å². The van der Waals surface area contributed by atoms with Crippen molar-refractivity contribution in [1.82, 2.24) is 20.7 Å². The smallest absolute Gasteiger partial charge is 0.254 e. The number of aliphatic hydroxyl groups excluding tert-OH is 1. The number of likely N-dealkylation sites (tertiary alicyclic amines) is 2. The van der Waals surface area contributed by atoms with Gasteiger partial charge in [-0.2, -0.15) is 0 Å². The maximum absolute atomic E-state index is 13.5. The molecule has 8 heteroatoms. The number of nitrogens with one attached hydrogen (secondary N) is 2. The highest BCUT2D eigenvalue weighted by Gasteiger charge is 2.36. The van der Waals surface area contributed by atoms with E-state index in [2.05, 4.69) is 10.9 Å². The van der Waals surface area contributed by atoms with Gasteiger partial charge in [0.25, 0.3) is 11.8 Å². The summed E-state index contributed by atoms with van der Waals surface area (Å²) in [6, 6.07) is 12.8. The molecule has 3 aliphatic rings. The Hall–Kier alpha value is -2.94. The number of rotatable bonds is 5. The van der Waals surface area contributed by atoms with Crippen molar-refractivity contribution >= 4 is 11.8 Å². The van der Waals surface area contributed by atoms with Crippen LogP contribution in [0.4, 0.5) is 0 Å². The highest BCUT2D eigenvalue weighted by molar-refractivity contribution is 5.96. The van der Waals surface area contributed by atoms with Crippen LogP contribution in [0.3, 0.4) is 0 Å². The van der Waals surface area contributed by atoms with Crippen LogP contribution in [0.25, 0.3) is 0 Å². The number of benzene rings is 2. The lowest BCUT2D eigenvalue weighted by molar-refractivity contribution is 0.0651. The van der Waals surface area contributed by atoms with Crippen LogP contribution in [-0.2, 0) is 0 Å². The largest absolute Gasteiger partial charge is 0.496 e. The second-order valence-corrected chi connectivity index (χ2v) is 9.05. The number of hydrogen-bond donors (Lipinski definition) is 3. The Morgan fingerprint density at radius 3 is 2.48 bits per heavy atom. The van der Waals surface area contributed by atoms with Crippen molar-refractivity contribution in [3.05, 3.63) is 64.7 Å². The number of amides is 2. The van der Waals surface area contributed by atoms with E-state index in [0.29, 0.717) is 23.3 Å². The van der Waals surface area contributed by atoms with Crippen LogP contribution in [0, 0.1) is 0 Å². The summed E-state index contributed by atoms with van der Waals surface area (Å²) in [5.74, 6) is 0.839. The molecule has 2 atom stereocenters. The monoisotopic (exact) mass is 450 g/mol. The number of ether oxygens (including phenoxy) is 1. The van der Waals surface area contributed by atoms with Gasteiger partial charge in [-0.15, -0.1) is 0 Å². The predicted octanol–water partition coefficient (Wildman–Crippen LogP) is 1.68. The van der Waals surface area contributed by atoms with E-state index in [1.165, 1.54) is 0 Å². The Kier molecular flexibility index (Phi) is 6.05. The molecule has 0 saturated carbocycles. The van der Waals surface area contributed by atoms with Crippen molar-refractivity contribution in [3.8, 4) is 5.75 Å². The number of hydrazine groups is 1. The van der Waals surface area contributed by atoms with Crippen molar-refractivity contribution in [2.45, 2.75) is 30.9 Å². The van der Waals surface area contributed by atoms with E-state index in [-0.39, 0.29) is 30.3 Å². The molecule has 0 aliphatic carbocycles. The molecule has 3 fully saturated rings. The third-order valence-corrected chi connectivity index (χ3v) is 6.94. The Morgan fingerprint density at radius 2 is 1.79 bits per heavy atom. The lowest BCUT2D eigenvalue weighted by atomic mass is 9.97. The van der Waals surface area contributed by atoms with Crippen LogP contribution in [0.15, 0.2) is 42.5 Å². The summed E-state index contributed by atoms with van der Waals surface area (Å²) in [7, 11) is 1.62. The fraction of sp³-hybridized carbons (Fsp3) is 0.440. The molecule has 3 heterocycles. The number of nitrogens with zero attached hydrogens (tertiary/aromatic N) is 2. The maximum atomic E-state index is 13.5. The van der Waals surface area contributed by atoms with E-state index in [1.54, 1.807) is 18.1 Å². The standard InChI is InChI=1S/C25H30N4O4/c1-33-23-11-18(6-7-21(23)19-13-26-27-14-19)25(32)29-15-20(30)12-22(29)16-4-2-5-17(10-16)24(31)28-8-3-9-28/h2,4-7,10-11,19-20,22,26-27,30H,3,8-9,12-15H2,1H3/t20?,22-/m1/s1. The average Bonchev–Trinajstić information content (AvgIpc) is 3.47. The number of carbonyl (C=O) groups is 2. The minimum atomic E-state index is -0.606. The van der Waals surface area contributed by atoms with Gasteiger partial charge < -0.3 is 19.6 Å². The molecule has 2 amide bonds. The summed E-state index contributed by atoms with van der Waals surface area (Å²) >= 11 is 0. The molecular formula is C25H30N4O4. The molecule has 3 N–H and O–H groups in total. The van der Waals surface area contributed by atoms with Gasteiger partial charge in [0.15, 0.2) is 0 Å². The van der Waals surface area contributed by atoms with Gasteiger partial charge in [-0.05, 0) is 48.2 Å². The Bertz CT molecular complexity index is 1050. The summed E-state index contributed by atoms with van der Waals surface area (Å²) in [6.45, 7) is 3.45. The van der Waals surface area contributed by atoms with E-state index < -0.39 is 6.10 Å². The predicted molar refractivity (Wildman–Crippen MR) is 123 cm³/mol. The van der Waals surface area contributed by atoms with Crippen LogP contribution in [-0.4, -0.2) is 72.7 Å². The van der Waals surface area contributed by atoms with Gasteiger partial charge in [-0.25, -0.2) is 0 Å². The molecule has 0 spiro atoms. The summed E-state index contributed by atoms with van der Waals surface area (Å²) in [6.07, 6.45) is 0.880. The molecule has 0 bridgehead atoms. The van der Waals surface area contributed by atoms with Gasteiger partial charge in [0.05, 0.1) is 19.3 Å². The van der Waals surface area contributed by atoms with Crippen molar-refractivity contribution in [1.29, 1.82) is 0 Å². The third-order valence-electron chi connectivity index (χ3n) is 6.94. The van der Waals surface area contributed by atoms with Gasteiger partial charge in [-0.3, -0.25) is 20.4 Å². The third kappa shape index (κ3) is 4.21. The van der Waals surface area contributed by atoms with Crippen molar-refractivity contribution in [3.63, 3.8) is 0 Å². The quantitative estimate of drug-likeness (QED) is 0.642. The first kappa shape index (κ1) is 21.9. The van der Waals surface area contributed by atoms with E-state index in [9.17, 15) is 14.7 Å². The molecular weight excluding hydrogens is 420 g/mol. The highest BCUT2D eigenvalue weighted by atomic mass is 16.5. The first-order valence-electron chi connectivity index (χ1n) is 11.6. The summed E-state index contributed by atoms with van der Waals surface area (Å²) < 4.78 is 5.61. The molecule has 2 aromatic rings. The molecule has 3 aliphatic heterocycles. The van der Waals surface area contributed by atoms with Crippen molar-refractivity contribution in [2.75, 3.05) is 39.8 Å². The fourth-order valence-electron chi connectivity index (χ4n) is 4.97. The van der Waals surface area contributed by atoms with Gasteiger partial charge in [0.1, 0.15) is 5.75 Å². The van der Waals surface area contributed by atoms with Crippen LogP contribution in [0.1, 0.15) is 56.6 Å². The maximum Gasteiger partial charge on any atom is 0.254 e. The van der Waals surface area contributed by atoms with Gasteiger partial charge in [-0.1, -0.05) is 18.2 Å². The van der Waals surface area contributed by atoms with Crippen LogP contribution in [0.5, 0.6) is 5.75 Å².